The number of aliphatic hydroxyl groups excluding tert-OH is 1. The number of halogens is 2. The van der Waals surface area contributed by atoms with E-state index in [1.54, 1.807) is 18.2 Å². The first-order chi connectivity index (χ1) is 10.0. The predicted octanol–water partition coefficient (Wildman–Crippen LogP) is 2.71. The Kier molecular flexibility index (Phi) is 5.62. The highest BCUT2D eigenvalue weighted by Crippen LogP contribution is 2.24. The van der Waals surface area contributed by atoms with Gasteiger partial charge in [0.1, 0.15) is 5.56 Å². The number of benzene rings is 2. The van der Waals surface area contributed by atoms with Crippen molar-refractivity contribution >= 4 is 11.5 Å². The smallest absolute Gasteiger partial charge is 0.283 e. The molecule has 2 aromatic carbocycles. The highest BCUT2D eigenvalue weighted by Gasteiger charge is 2.24. The Bertz CT molecular complexity index is 660. The molecule has 2 rings (SSSR count). The van der Waals surface area contributed by atoms with E-state index in [9.17, 15) is 23.7 Å². The van der Waals surface area contributed by atoms with E-state index in [0.717, 1.165) is 7.11 Å². The Morgan fingerprint density at radius 2 is 1.62 bits per heavy atom. The van der Waals surface area contributed by atoms with Crippen molar-refractivity contribution in [2.24, 2.45) is 0 Å². The van der Waals surface area contributed by atoms with Crippen molar-refractivity contribution < 1.29 is 23.6 Å². The van der Waals surface area contributed by atoms with Crippen molar-refractivity contribution in [1.82, 2.24) is 0 Å². The van der Waals surface area contributed by atoms with Gasteiger partial charge in [-0.3, -0.25) is 14.9 Å². The molecule has 0 atom stereocenters. The molecule has 7 heteroatoms. The SMILES string of the molecule is CO.O=C(c1ccccc1)c1cc(F)c(F)cc1[N+](=O)[O-]. The monoisotopic (exact) mass is 295 g/mol. The van der Waals surface area contributed by atoms with Gasteiger partial charge in [-0.15, -0.1) is 0 Å². The molecule has 0 spiro atoms. The zero-order valence-electron chi connectivity index (χ0n) is 10.9. The molecule has 0 saturated carbocycles. The standard InChI is InChI=1S/C13H7F2NO3.CH4O/c14-10-6-9(12(16(18)19)7-11(10)15)13(17)8-4-2-1-3-5-8;1-2/h1-7H;2H,1H3. The van der Waals surface area contributed by atoms with Crippen LogP contribution in [0.3, 0.4) is 0 Å². The van der Waals surface area contributed by atoms with Crippen LogP contribution in [-0.2, 0) is 0 Å². The van der Waals surface area contributed by atoms with Gasteiger partial charge in [0.25, 0.3) is 5.69 Å². The molecule has 0 radical (unpaired) electrons. The summed E-state index contributed by atoms with van der Waals surface area (Å²) in [6.45, 7) is 0. The Balaban J connectivity index is 0.00000106. The molecule has 5 nitrogen and oxygen atoms in total. The number of hydrogen-bond acceptors (Lipinski definition) is 4. The molecule has 0 fully saturated rings. The highest BCUT2D eigenvalue weighted by atomic mass is 19.2. The summed E-state index contributed by atoms with van der Waals surface area (Å²) >= 11 is 0. The molecule has 0 aliphatic carbocycles. The first-order valence-electron chi connectivity index (χ1n) is 5.68. The average molecular weight is 295 g/mol. The summed E-state index contributed by atoms with van der Waals surface area (Å²) in [4.78, 5) is 21.9. The van der Waals surface area contributed by atoms with Gasteiger partial charge in [-0.2, -0.15) is 0 Å². The second-order valence-corrected chi connectivity index (χ2v) is 3.74. The third-order valence-electron chi connectivity index (χ3n) is 2.52. The van der Waals surface area contributed by atoms with Crippen LogP contribution in [0, 0.1) is 21.7 Å². The van der Waals surface area contributed by atoms with Gasteiger partial charge in [-0.1, -0.05) is 30.3 Å². The van der Waals surface area contributed by atoms with Crippen LogP contribution in [0.4, 0.5) is 14.5 Å². The van der Waals surface area contributed by atoms with E-state index in [2.05, 4.69) is 0 Å². The molecule has 0 amide bonds. The number of nitrogens with zero attached hydrogens (tertiary/aromatic N) is 1. The second kappa shape index (κ2) is 7.20. The lowest BCUT2D eigenvalue weighted by molar-refractivity contribution is -0.385. The third-order valence-corrected chi connectivity index (χ3v) is 2.52. The average Bonchev–Trinajstić information content (AvgIpc) is 2.51. The van der Waals surface area contributed by atoms with Gasteiger partial charge in [0.15, 0.2) is 17.4 Å². The van der Waals surface area contributed by atoms with E-state index in [1.807, 2.05) is 0 Å². The van der Waals surface area contributed by atoms with Gasteiger partial charge in [-0.25, -0.2) is 8.78 Å². The Hall–Kier alpha value is -2.67. The van der Waals surface area contributed by atoms with E-state index in [-0.39, 0.29) is 5.56 Å². The number of carbonyl (C=O) groups is 1. The van der Waals surface area contributed by atoms with Crippen molar-refractivity contribution in [2.45, 2.75) is 0 Å². The lowest BCUT2D eigenvalue weighted by Gasteiger charge is -2.03. The summed E-state index contributed by atoms with van der Waals surface area (Å²) in [6, 6.07) is 8.63. The summed E-state index contributed by atoms with van der Waals surface area (Å²) in [7, 11) is 1.00. The number of hydrogen-bond donors (Lipinski definition) is 1. The molecular weight excluding hydrogens is 284 g/mol. The van der Waals surface area contributed by atoms with Crippen molar-refractivity contribution in [3.63, 3.8) is 0 Å². The summed E-state index contributed by atoms with van der Waals surface area (Å²) in [5, 5.41) is 17.8. The molecule has 2 aromatic rings. The second-order valence-electron chi connectivity index (χ2n) is 3.74. The lowest BCUT2D eigenvalue weighted by atomic mass is 10.0. The minimum absolute atomic E-state index is 0.164. The van der Waals surface area contributed by atoms with Crippen molar-refractivity contribution in [1.29, 1.82) is 0 Å². The van der Waals surface area contributed by atoms with Crippen LogP contribution in [0.5, 0.6) is 0 Å². The number of carbonyl (C=O) groups excluding carboxylic acids is 1. The zero-order chi connectivity index (χ0) is 16.0. The van der Waals surface area contributed by atoms with E-state index >= 15 is 0 Å². The molecule has 0 saturated heterocycles. The lowest BCUT2D eigenvalue weighted by Crippen LogP contribution is -2.07. The van der Waals surface area contributed by atoms with Gasteiger partial charge in [0.2, 0.25) is 0 Å². The third kappa shape index (κ3) is 3.67. The summed E-state index contributed by atoms with van der Waals surface area (Å²) in [6.07, 6.45) is 0. The van der Waals surface area contributed by atoms with Crippen molar-refractivity contribution in [3.05, 3.63) is 75.3 Å². The fourth-order valence-corrected chi connectivity index (χ4v) is 1.61. The first kappa shape index (κ1) is 16.4. The Labute approximate surface area is 118 Å². The van der Waals surface area contributed by atoms with Crippen LogP contribution in [-0.4, -0.2) is 22.9 Å². The number of aliphatic hydroxyl groups is 1. The molecule has 1 N–H and O–H groups in total. The molecule has 110 valence electrons. The van der Waals surface area contributed by atoms with Crippen molar-refractivity contribution in [2.75, 3.05) is 7.11 Å². The summed E-state index contributed by atoms with van der Waals surface area (Å²) in [5.41, 5.74) is -1.07. The van der Waals surface area contributed by atoms with Gasteiger partial charge < -0.3 is 5.11 Å². The van der Waals surface area contributed by atoms with Gasteiger partial charge >= 0.3 is 0 Å². The molecule has 21 heavy (non-hydrogen) atoms. The molecule has 0 heterocycles. The van der Waals surface area contributed by atoms with E-state index in [1.165, 1.54) is 12.1 Å². The molecule has 0 aromatic heterocycles. The largest absolute Gasteiger partial charge is 0.400 e. The van der Waals surface area contributed by atoms with Crippen LogP contribution < -0.4 is 0 Å². The molecule has 0 unspecified atom stereocenters. The Morgan fingerprint density at radius 1 is 1.10 bits per heavy atom. The van der Waals surface area contributed by atoms with Crippen LogP contribution >= 0.6 is 0 Å². The normalized spacial score (nSPS) is 9.52. The number of nitro benzene ring substituents is 1. The van der Waals surface area contributed by atoms with Crippen LogP contribution in [0.15, 0.2) is 42.5 Å². The van der Waals surface area contributed by atoms with E-state index in [0.29, 0.717) is 12.1 Å². The molecular formula is C14H11F2NO4. The minimum Gasteiger partial charge on any atom is -0.400 e. The van der Waals surface area contributed by atoms with Crippen LogP contribution in [0.1, 0.15) is 15.9 Å². The first-order valence-corrected chi connectivity index (χ1v) is 5.68. The van der Waals surface area contributed by atoms with E-state index < -0.39 is 33.6 Å². The molecule has 0 aliphatic rings. The molecule has 0 bridgehead atoms. The maximum atomic E-state index is 13.1. The highest BCUT2D eigenvalue weighted by molar-refractivity contribution is 6.11. The number of rotatable bonds is 3. The summed E-state index contributed by atoms with van der Waals surface area (Å²) < 4.78 is 26.1. The maximum Gasteiger partial charge on any atom is 0.283 e. The summed E-state index contributed by atoms with van der Waals surface area (Å²) in [5.74, 6) is -3.40. The van der Waals surface area contributed by atoms with Gasteiger partial charge in [-0.05, 0) is 6.07 Å². The topological polar surface area (TPSA) is 80.4 Å². The van der Waals surface area contributed by atoms with Crippen molar-refractivity contribution in [3.8, 4) is 0 Å². The van der Waals surface area contributed by atoms with Gasteiger partial charge in [0.05, 0.1) is 11.0 Å². The Morgan fingerprint density at radius 3 is 2.14 bits per heavy atom. The van der Waals surface area contributed by atoms with Gasteiger partial charge in [0, 0.05) is 12.7 Å². The fourth-order valence-electron chi connectivity index (χ4n) is 1.61. The zero-order valence-corrected chi connectivity index (χ0v) is 10.9. The van der Waals surface area contributed by atoms with E-state index in [4.69, 9.17) is 5.11 Å². The van der Waals surface area contributed by atoms with Crippen LogP contribution in [0.2, 0.25) is 0 Å². The predicted molar refractivity (Wildman–Crippen MR) is 71.0 cm³/mol. The quantitative estimate of drug-likeness (QED) is 0.536. The number of ketones is 1. The minimum atomic E-state index is -1.36. The number of nitro groups is 1. The maximum absolute atomic E-state index is 13.1. The molecule has 0 aliphatic heterocycles. The van der Waals surface area contributed by atoms with Crippen LogP contribution in [0.25, 0.3) is 0 Å². The fraction of sp³-hybridized carbons (Fsp3) is 0.0714.